The molecule has 0 aliphatic rings. The molecule has 0 aliphatic heterocycles. The molecule has 0 unspecified atom stereocenters. The molecule has 0 spiro atoms. The SMILES string of the molecule is Cc1nc2oc3c(Cl)ncnc3c2c(C)c1Cl. The van der Waals surface area contributed by atoms with E-state index < -0.39 is 0 Å². The van der Waals surface area contributed by atoms with Crippen LogP contribution in [0, 0.1) is 13.8 Å². The van der Waals surface area contributed by atoms with Crippen molar-refractivity contribution in [3.8, 4) is 0 Å². The van der Waals surface area contributed by atoms with E-state index in [0.717, 1.165) is 16.6 Å². The van der Waals surface area contributed by atoms with Crippen molar-refractivity contribution >= 4 is 45.4 Å². The van der Waals surface area contributed by atoms with Crippen molar-refractivity contribution < 1.29 is 4.42 Å². The number of aryl methyl sites for hydroxylation is 2. The lowest BCUT2D eigenvalue weighted by molar-refractivity contribution is 0.649. The maximum Gasteiger partial charge on any atom is 0.229 e. The lowest BCUT2D eigenvalue weighted by Crippen LogP contribution is -1.88. The first-order valence-electron chi connectivity index (χ1n) is 4.95. The summed E-state index contributed by atoms with van der Waals surface area (Å²) in [6.07, 6.45) is 1.40. The molecule has 6 heteroatoms. The van der Waals surface area contributed by atoms with E-state index in [1.807, 2.05) is 13.8 Å². The summed E-state index contributed by atoms with van der Waals surface area (Å²) >= 11 is 12.1. The van der Waals surface area contributed by atoms with Gasteiger partial charge in [-0.15, -0.1) is 0 Å². The Morgan fingerprint density at radius 2 is 1.94 bits per heavy atom. The van der Waals surface area contributed by atoms with Gasteiger partial charge in [-0.25, -0.2) is 15.0 Å². The highest BCUT2D eigenvalue weighted by atomic mass is 35.5. The summed E-state index contributed by atoms with van der Waals surface area (Å²) in [5.41, 5.74) is 3.19. The Hall–Kier alpha value is -1.39. The molecular formula is C11H7Cl2N3O. The van der Waals surface area contributed by atoms with Crippen LogP contribution in [-0.4, -0.2) is 15.0 Å². The van der Waals surface area contributed by atoms with Crippen LogP contribution in [0.5, 0.6) is 0 Å². The van der Waals surface area contributed by atoms with Crippen LogP contribution in [0.25, 0.3) is 22.2 Å². The first-order valence-corrected chi connectivity index (χ1v) is 5.70. The summed E-state index contributed by atoms with van der Waals surface area (Å²) in [5.74, 6) is 0. The number of halogens is 2. The van der Waals surface area contributed by atoms with E-state index in [1.165, 1.54) is 6.33 Å². The maximum atomic E-state index is 6.17. The van der Waals surface area contributed by atoms with Gasteiger partial charge >= 0.3 is 0 Å². The van der Waals surface area contributed by atoms with Crippen molar-refractivity contribution in [1.82, 2.24) is 15.0 Å². The van der Waals surface area contributed by atoms with Gasteiger partial charge in [-0.05, 0) is 19.4 Å². The average Bonchev–Trinajstić information content (AvgIpc) is 2.66. The molecule has 0 saturated heterocycles. The van der Waals surface area contributed by atoms with Crippen LogP contribution in [0.2, 0.25) is 10.2 Å². The summed E-state index contributed by atoms with van der Waals surface area (Å²) in [5, 5.41) is 1.69. The lowest BCUT2D eigenvalue weighted by atomic mass is 10.1. The van der Waals surface area contributed by atoms with E-state index in [0.29, 0.717) is 21.8 Å². The van der Waals surface area contributed by atoms with Crippen molar-refractivity contribution in [2.45, 2.75) is 13.8 Å². The van der Waals surface area contributed by atoms with Gasteiger partial charge in [0, 0.05) is 0 Å². The van der Waals surface area contributed by atoms with Gasteiger partial charge in [0.15, 0.2) is 10.7 Å². The fourth-order valence-electron chi connectivity index (χ4n) is 1.87. The molecular weight excluding hydrogens is 261 g/mol. The standard InChI is InChI=1S/C11H7Cl2N3O/c1-4-6-8-9(10(13)15-3-14-8)17-11(6)16-5(2)7(4)12/h3H,1-2H3. The Balaban J connectivity index is 2.62. The summed E-state index contributed by atoms with van der Waals surface area (Å²) in [6.45, 7) is 3.74. The van der Waals surface area contributed by atoms with Crippen molar-refractivity contribution in [3.63, 3.8) is 0 Å². The molecule has 0 atom stereocenters. The van der Waals surface area contributed by atoms with Gasteiger partial charge in [0.2, 0.25) is 5.71 Å². The number of nitrogens with zero attached hydrogens (tertiary/aromatic N) is 3. The van der Waals surface area contributed by atoms with E-state index in [-0.39, 0.29) is 5.15 Å². The fraction of sp³-hybridized carbons (Fsp3) is 0.182. The highest BCUT2D eigenvalue weighted by molar-refractivity contribution is 6.35. The van der Waals surface area contributed by atoms with E-state index in [1.54, 1.807) is 0 Å². The van der Waals surface area contributed by atoms with Gasteiger partial charge < -0.3 is 4.42 Å². The second-order valence-electron chi connectivity index (χ2n) is 3.76. The van der Waals surface area contributed by atoms with Crippen molar-refractivity contribution in [1.29, 1.82) is 0 Å². The fourth-order valence-corrected chi connectivity index (χ4v) is 2.18. The van der Waals surface area contributed by atoms with Crippen LogP contribution < -0.4 is 0 Å². The molecule has 0 aromatic carbocycles. The van der Waals surface area contributed by atoms with Gasteiger partial charge in [0.05, 0.1) is 16.1 Å². The van der Waals surface area contributed by atoms with Gasteiger partial charge in [-0.3, -0.25) is 0 Å². The monoisotopic (exact) mass is 267 g/mol. The molecule has 0 radical (unpaired) electrons. The molecule has 0 aliphatic carbocycles. The maximum absolute atomic E-state index is 6.17. The van der Waals surface area contributed by atoms with Crippen LogP contribution >= 0.6 is 23.2 Å². The van der Waals surface area contributed by atoms with E-state index in [4.69, 9.17) is 27.6 Å². The van der Waals surface area contributed by atoms with Crippen LogP contribution in [0.15, 0.2) is 10.7 Å². The third-order valence-corrected chi connectivity index (χ3v) is 3.53. The molecule has 0 N–H and O–H groups in total. The molecule has 4 nitrogen and oxygen atoms in total. The Kier molecular flexibility index (Phi) is 2.24. The molecule has 0 saturated carbocycles. The van der Waals surface area contributed by atoms with Crippen LogP contribution in [-0.2, 0) is 0 Å². The van der Waals surface area contributed by atoms with Crippen LogP contribution in [0.1, 0.15) is 11.3 Å². The van der Waals surface area contributed by atoms with Gasteiger partial charge in [0.1, 0.15) is 11.8 Å². The summed E-state index contributed by atoms with van der Waals surface area (Å²) in [4.78, 5) is 12.3. The normalized spacial score (nSPS) is 11.5. The van der Waals surface area contributed by atoms with Gasteiger partial charge in [0.25, 0.3) is 0 Å². The molecule has 3 aromatic heterocycles. The molecule has 0 bridgehead atoms. The minimum absolute atomic E-state index is 0.279. The van der Waals surface area contributed by atoms with Gasteiger partial charge in [-0.2, -0.15) is 0 Å². The molecule has 3 aromatic rings. The average molecular weight is 268 g/mol. The number of pyridine rings is 1. The molecule has 3 rings (SSSR count). The highest BCUT2D eigenvalue weighted by Gasteiger charge is 2.17. The lowest BCUT2D eigenvalue weighted by Gasteiger charge is -2.01. The molecule has 3 heterocycles. The Morgan fingerprint density at radius 1 is 1.18 bits per heavy atom. The number of aromatic nitrogens is 3. The minimum atomic E-state index is 0.279. The van der Waals surface area contributed by atoms with Crippen molar-refractivity contribution in [2.24, 2.45) is 0 Å². The highest BCUT2D eigenvalue weighted by Crippen LogP contribution is 2.35. The zero-order valence-electron chi connectivity index (χ0n) is 9.08. The number of rotatable bonds is 0. The van der Waals surface area contributed by atoms with Gasteiger partial charge in [-0.1, -0.05) is 23.2 Å². The van der Waals surface area contributed by atoms with E-state index >= 15 is 0 Å². The number of hydrogen-bond acceptors (Lipinski definition) is 4. The zero-order chi connectivity index (χ0) is 12.2. The molecule has 0 fully saturated rings. The Labute approximate surface area is 107 Å². The Bertz CT molecular complexity index is 751. The largest absolute Gasteiger partial charge is 0.433 e. The van der Waals surface area contributed by atoms with E-state index in [9.17, 15) is 0 Å². The summed E-state index contributed by atoms with van der Waals surface area (Å²) in [6, 6.07) is 0. The van der Waals surface area contributed by atoms with Crippen molar-refractivity contribution in [3.05, 3.63) is 27.8 Å². The van der Waals surface area contributed by atoms with Crippen LogP contribution in [0.4, 0.5) is 0 Å². The third kappa shape index (κ3) is 1.41. The smallest absolute Gasteiger partial charge is 0.229 e. The minimum Gasteiger partial charge on any atom is -0.433 e. The molecule has 86 valence electrons. The topological polar surface area (TPSA) is 51.8 Å². The quantitative estimate of drug-likeness (QED) is 0.583. The summed E-state index contributed by atoms with van der Waals surface area (Å²) in [7, 11) is 0. The Morgan fingerprint density at radius 3 is 2.71 bits per heavy atom. The van der Waals surface area contributed by atoms with Crippen LogP contribution in [0.3, 0.4) is 0 Å². The molecule has 17 heavy (non-hydrogen) atoms. The first kappa shape index (κ1) is 10.7. The number of furan rings is 1. The predicted octanol–water partition coefficient (Wildman–Crippen LogP) is 3.69. The summed E-state index contributed by atoms with van der Waals surface area (Å²) < 4.78 is 5.57. The van der Waals surface area contributed by atoms with E-state index in [2.05, 4.69) is 15.0 Å². The number of fused-ring (bicyclic) bond motifs is 3. The molecule has 0 amide bonds. The predicted molar refractivity (Wildman–Crippen MR) is 66.6 cm³/mol. The second-order valence-corrected chi connectivity index (χ2v) is 4.50. The zero-order valence-corrected chi connectivity index (χ0v) is 10.6. The van der Waals surface area contributed by atoms with Crippen molar-refractivity contribution in [2.75, 3.05) is 0 Å². The third-order valence-electron chi connectivity index (χ3n) is 2.70. The second kappa shape index (κ2) is 3.55. The first-order chi connectivity index (χ1) is 8.09. The number of hydrogen-bond donors (Lipinski definition) is 0.